The fourth-order valence-electron chi connectivity index (χ4n) is 1.17. The molecular weight excluding hydrogens is 159 g/mol. The van der Waals surface area contributed by atoms with Crippen LogP contribution in [-0.4, -0.2) is 17.2 Å². The molecule has 1 aliphatic carbocycles. The van der Waals surface area contributed by atoms with Gasteiger partial charge in [0.2, 0.25) is 0 Å². The maximum Gasteiger partial charge on any atom is 0.313 e. The topological polar surface area (TPSA) is 37.3 Å². The molecule has 2 atom stereocenters. The maximum absolute atomic E-state index is 13.3. The molecule has 1 rings (SSSR count). The Hall–Kier alpha value is -1.12. The van der Waals surface area contributed by atoms with Gasteiger partial charge in [0, 0.05) is 0 Å². The van der Waals surface area contributed by atoms with E-state index < -0.39 is 18.1 Å². The van der Waals surface area contributed by atoms with E-state index in [4.69, 9.17) is 5.11 Å². The number of alkyl halides is 1. The molecule has 0 aliphatic heterocycles. The third-order valence-corrected chi connectivity index (χ3v) is 2.19. The van der Waals surface area contributed by atoms with Crippen molar-refractivity contribution in [2.45, 2.75) is 20.0 Å². The predicted molar refractivity (Wildman–Crippen MR) is 43.5 cm³/mol. The van der Waals surface area contributed by atoms with Crippen LogP contribution in [0, 0.1) is 5.92 Å². The first kappa shape index (κ1) is 8.97. The number of rotatable bonds is 1. The minimum absolute atomic E-state index is 0.518. The summed E-state index contributed by atoms with van der Waals surface area (Å²) in [5.74, 6) is -2.11. The van der Waals surface area contributed by atoms with Crippen LogP contribution in [0.1, 0.15) is 13.8 Å². The van der Waals surface area contributed by atoms with Crippen molar-refractivity contribution in [3.63, 3.8) is 0 Å². The highest BCUT2D eigenvalue weighted by molar-refractivity contribution is 5.74. The summed E-state index contributed by atoms with van der Waals surface area (Å²) in [7, 11) is 0. The van der Waals surface area contributed by atoms with E-state index in [1.807, 2.05) is 0 Å². The number of hydrogen-bond donors (Lipinski definition) is 1. The van der Waals surface area contributed by atoms with Crippen LogP contribution in [0.15, 0.2) is 23.3 Å². The minimum Gasteiger partial charge on any atom is -0.481 e. The van der Waals surface area contributed by atoms with E-state index in [-0.39, 0.29) is 0 Å². The Morgan fingerprint density at radius 3 is 2.67 bits per heavy atom. The Balaban J connectivity index is 2.92. The molecule has 0 aromatic rings. The summed E-state index contributed by atoms with van der Waals surface area (Å²) in [6.07, 6.45) is 1.69. The van der Waals surface area contributed by atoms with Gasteiger partial charge in [0.15, 0.2) is 0 Å². The zero-order chi connectivity index (χ0) is 9.30. The fraction of sp³-hybridized carbons (Fsp3) is 0.444. The molecular formula is C9H11FO2. The van der Waals surface area contributed by atoms with E-state index in [2.05, 4.69) is 0 Å². The first-order valence-electron chi connectivity index (χ1n) is 3.76. The molecule has 0 bridgehead atoms. The van der Waals surface area contributed by atoms with Crippen molar-refractivity contribution in [2.24, 2.45) is 5.92 Å². The Morgan fingerprint density at radius 2 is 2.17 bits per heavy atom. The molecule has 0 heterocycles. The lowest BCUT2D eigenvalue weighted by molar-refractivity contribution is -0.141. The molecule has 12 heavy (non-hydrogen) atoms. The van der Waals surface area contributed by atoms with Crippen LogP contribution in [0.25, 0.3) is 0 Å². The molecule has 0 saturated carbocycles. The molecule has 0 aromatic heterocycles. The highest BCUT2D eigenvalue weighted by Gasteiger charge is 2.29. The quantitative estimate of drug-likeness (QED) is 0.652. The number of allylic oxidation sites excluding steroid dienone is 3. The highest BCUT2D eigenvalue weighted by atomic mass is 19.1. The van der Waals surface area contributed by atoms with Gasteiger partial charge < -0.3 is 5.11 Å². The third kappa shape index (κ3) is 1.40. The average Bonchev–Trinajstić information content (AvgIpc) is 2.00. The fourth-order valence-corrected chi connectivity index (χ4v) is 1.17. The van der Waals surface area contributed by atoms with E-state index in [1.54, 1.807) is 19.9 Å². The number of carboxylic acid groups (broad SMARTS) is 1. The molecule has 3 heteroatoms. The van der Waals surface area contributed by atoms with Crippen LogP contribution >= 0.6 is 0 Å². The van der Waals surface area contributed by atoms with Crippen LogP contribution in [0.2, 0.25) is 0 Å². The molecule has 0 aromatic carbocycles. The lowest BCUT2D eigenvalue weighted by Crippen LogP contribution is -2.26. The van der Waals surface area contributed by atoms with Gasteiger partial charge in [0.25, 0.3) is 0 Å². The lowest BCUT2D eigenvalue weighted by Gasteiger charge is -2.19. The Bertz CT molecular complexity index is 266. The van der Waals surface area contributed by atoms with Gasteiger partial charge in [0.1, 0.15) is 12.1 Å². The van der Waals surface area contributed by atoms with Gasteiger partial charge in [-0.2, -0.15) is 0 Å². The summed E-state index contributed by atoms with van der Waals surface area (Å²) in [5.41, 5.74) is 1.34. The summed E-state index contributed by atoms with van der Waals surface area (Å²) >= 11 is 0. The third-order valence-electron chi connectivity index (χ3n) is 2.19. The summed E-state index contributed by atoms with van der Waals surface area (Å²) in [4.78, 5) is 10.5. The maximum atomic E-state index is 13.3. The highest BCUT2D eigenvalue weighted by Crippen LogP contribution is 2.26. The van der Waals surface area contributed by atoms with Gasteiger partial charge >= 0.3 is 5.97 Å². The van der Waals surface area contributed by atoms with Crippen LogP contribution in [0.3, 0.4) is 0 Å². The molecule has 0 amide bonds. The standard InChI is InChI=1S/C9H11FO2/c1-5-3-4-7(9(11)12)8(10)6(5)2/h3-4,7-8H,1-2H3,(H,11,12). The average molecular weight is 170 g/mol. The van der Waals surface area contributed by atoms with Crippen LogP contribution in [-0.2, 0) is 4.79 Å². The van der Waals surface area contributed by atoms with E-state index >= 15 is 0 Å². The van der Waals surface area contributed by atoms with Crippen LogP contribution < -0.4 is 0 Å². The molecule has 2 unspecified atom stereocenters. The molecule has 1 aliphatic rings. The first-order valence-corrected chi connectivity index (χ1v) is 3.76. The Morgan fingerprint density at radius 1 is 1.58 bits per heavy atom. The number of aliphatic carboxylic acids is 1. The van der Waals surface area contributed by atoms with Crippen molar-refractivity contribution < 1.29 is 14.3 Å². The number of carbonyl (C=O) groups is 1. The molecule has 0 spiro atoms. The SMILES string of the molecule is CC1=C(C)C(F)C(C(=O)O)C=C1. The van der Waals surface area contributed by atoms with Crippen LogP contribution in [0.4, 0.5) is 4.39 Å². The number of hydrogen-bond acceptors (Lipinski definition) is 1. The summed E-state index contributed by atoms with van der Waals surface area (Å²) < 4.78 is 13.3. The zero-order valence-electron chi connectivity index (χ0n) is 7.04. The van der Waals surface area contributed by atoms with Gasteiger partial charge in [-0.05, 0) is 25.0 Å². The van der Waals surface area contributed by atoms with Crippen molar-refractivity contribution in [1.29, 1.82) is 0 Å². The molecule has 1 N–H and O–H groups in total. The molecule has 0 saturated heterocycles. The molecule has 66 valence electrons. The normalized spacial score (nSPS) is 29.2. The van der Waals surface area contributed by atoms with Crippen molar-refractivity contribution in [3.8, 4) is 0 Å². The van der Waals surface area contributed by atoms with E-state index in [9.17, 15) is 9.18 Å². The van der Waals surface area contributed by atoms with Gasteiger partial charge in [-0.1, -0.05) is 12.2 Å². The molecule has 0 fully saturated rings. The second kappa shape index (κ2) is 3.09. The number of carboxylic acids is 1. The van der Waals surface area contributed by atoms with Gasteiger partial charge in [-0.25, -0.2) is 4.39 Å². The van der Waals surface area contributed by atoms with E-state index in [0.29, 0.717) is 5.57 Å². The zero-order valence-corrected chi connectivity index (χ0v) is 7.04. The van der Waals surface area contributed by atoms with Gasteiger partial charge in [0.05, 0.1) is 0 Å². The number of halogens is 1. The minimum atomic E-state index is -1.37. The van der Waals surface area contributed by atoms with Gasteiger partial charge in [-0.15, -0.1) is 0 Å². The summed E-state index contributed by atoms with van der Waals surface area (Å²) in [6.45, 7) is 3.40. The lowest BCUT2D eigenvalue weighted by atomic mass is 9.89. The van der Waals surface area contributed by atoms with Crippen LogP contribution in [0.5, 0.6) is 0 Å². The molecule has 2 nitrogen and oxygen atoms in total. The monoisotopic (exact) mass is 170 g/mol. The van der Waals surface area contributed by atoms with Crippen molar-refractivity contribution in [2.75, 3.05) is 0 Å². The Labute approximate surface area is 70.4 Å². The van der Waals surface area contributed by atoms with E-state index in [1.165, 1.54) is 6.08 Å². The van der Waals surface area contributed by atoms with Crippen molar-refractivity contribution in [1.82, 2.24) is 0 Å². The predicted octanol–water partition coefficient (Wildman–Crippen LogP) is 1.93. The molecule has 0 radical (unpaired) electrons. The smallest absolute Gasteiger partial charge is 0.313 e. The van der Waals surface area contributed by atoms with Crippen molar-refractivity contribution in [3.05, 3.63) is 23.3 Å². The largest absolute Gasteiger partial charge is 0.481 e. The van der Waals surface area contributed by atoms with Crippen molar-refractivity contribution >= 4 is 5.97 Å². The van der Waals surface area contributed by atoms with Gasteiger partial charge in [-0.3, -0.25) is 4.79 Å². The first-order chi connectivity index (χ1) is 5.54. The summed E-state index contributed by atoms with van der Waals surface area (Å²) in [6, 6.07) is 0. The second-order valence-corrected chi connectivity index (χ2v) is 2.99. The summed E-state index contributed by atoms with van der Waals surface area (Å²) in [5, 5.41) is 8.60. The second-order valence-electron chi connectivity index (χ2n) is 2.99. The van der Waals surface area contributed by atoms with E-state index in [0.717, 1.165) is 5.57 Å². The Kier molecular flexibility index (Phi) is 2.31.